The van der Waals surface area contributed by atoms with Crippen LogP contribution in [0.25, 0.3) is 0 Å². The molecule has 0 aromatic heterocycles. The van der Waals surface area contributed by atoms with E-state index >= 15 is 0 Å². The van der Waals surface area contributed by atoms with Crippen LogP contribution in [-0.4, -0.2) is 43.9 Å². The normalized spacial score (nSPS) is 16.4. The lowest BCUT2D eigenvalue weighted by Gasteiger charge is -2.26. The summed E-state index contributed by atoms with van der Waals surface area (Å²) < 4.78 is 11.0. The Morgan fingerprint density at radius 2 is 2.10 bits per heavy atom. The average molecular weight is 413 g/mol. The number of carbonyl (C=O) groups is 1. The number of thioether (sulfide) groups is 1. The molecule has 0 aliphatic carbocycles. The molecule has 1 unspecified atom stereocenters. The summed E-state index contributed by atoms with van der Waals surface area (Å²) in [6.07, 6.45) is 3.90. The number of amides is 1. The van der Waals surface area contributed by atoms with Crippen LogP contribution < -0.4 is 14.8 Å². The van der Waals surface area contributed by atoms with Crippen LogP contribution in [0.15, 0.2) is 60.0 Å². The maximum Gasteiger partial charge on any atom is 0.238 e. The molecule has 1 fully saturated rings. The first kappa shape index (κ1) is 21.3. The summed E-state index contributed by atoms with van der Waals surface area (Å²) in [5, 5.41) is 3.08. The molecule has 5 nitrogen and oxygen atoms in total. The molecule has 0 radical (unpaired) electrons. The van der Waals surface area contributed by atoms with Crippen molar-refractivity contribution in [1.82, 2.24) is 4.90 Å². The van der Waals surface area contributed by atoms with E-state index in [-0.39, 0.29) is 11.9 Å². The number of hydrogen-bond acceptors (Lipinski definition) is 5. The Morgan fingerprint density at radius 3 is 2.86 bits per heavy atom. The van der Waals surface area contributed by atoms with Crippen molar-refractivity contribution in [3.05, 3.63) is 60.7 Å². The number of hydrogen-bond donors (Lipinski definition) is 1. The van der Waals surface area contributed by atoms with E-state index in [1.54, 1.807) is 26.0 Å². The standard InChI is InChI=1S/C23H28N2O3S/c1-4-14-29-22-10-6-5-8-19(22)24-23(26)16-25-13-7-9-20(25)18-15-17(27-2)11-12-21(18)28-3/h4-6,8,10-12,15,20H,1,7,9,13-14,16H2,2-3H3,(H,24,26). The first-order valence-electron chi connectivity index (χ1n) is 9.74. The van der Waals surface area contributed by atoms with Gasteiger partial charge < -0.3 is 14.8 Å². The Morgan fingerprint density at radius 1 is 1.28 bits per heavy atom. The number of nitrogens with one attached hydrogen (secondary N) is 1. The highest BCUT2D eigenvalue weighted by molar-refractivity contribution is 7.99. The van der Waals surface area contributed by atoms with Crippen molar-refractivity contribution in [2.75, 3.05) is 38.4 Å². The zero-order chi connectivity index (χ0) is 20.6. The highest BCUT2D eigenvalue weighted by atomic mass is 32.2. The van der Waals surface area contributed by atoms with Crippen LogP contribution >= 0.6 is 11.8 Å². The largest absolute Gasteiger partial charge is 0.497 e. The number of rotatable bonds is 9. The smallest absolute Gasteiger partial charge is 0.238 e. The topological polar surface area (TPSA) is 50.8 Å². The van der Waals surface area contributed by atoms with Crippen molar-refractivity contribution in [1.29, 1.82) is 0 Å². The predicted molar refractivity (Wildman–Crippen MR) is 119 cm³/mol. The third-order valence-corrected chi connectivity index (χ3v) is 6.09. The minimum atomic E-state index is -0.00887. The molecule has 1 aliphatic heterocycles. The molecule has 29 heavy (non-hydrogen) atoms. The Kier molecular flexibility index (Phi) is 7.61. The third-order valence-electron chi connectivity index (χ3n) is 5.02. The summed E-state index contributed by atoms with van der Waals surface area (Å²) >= 11 is 1.66. The van der Waals surface area contributed by atoms with Crippen molar-refractivity contribution in [2.45, 2.75) is 23.8 Å². The summed E-state index contributed by atoms with van der Waals surface area (Å²) in [6.45, 7) is 4.98. The van der Waals surface area contributed by atoms with Gasteiger partial charge in [0.2, 0.25) is 5.91 Å². The highest BCUT2D eigenvalue weighted by Gasteiger charge is 2.30. The molecule has 154 valence electrons. The molecule has 3 rings (SSSR count). The van der Waals surface area contributed by atoms with Gasteiger partial charge in [-0.1, -0.05) is 18.2 Å². The molecule has 0 bridgehead atoms. The van der Waals surface area contributed by atoms with Crippen molar-refractivity contribution < 1.29 is 14.3 Å². The number of para-hydroxylation sites is 1. The van der Waals surface area contributed by atoms with Gasteiger partial charge in [0.1, 0.15) is 11.5 Å². The van der Waals surface area contributed by atoms with Crippen LogP contribution in [0.4, 0.5) is 5.69 Å². The van der Waals surface area contributed by atoms with E-state index in [2.05, 4.69) is 16.8 Å². The quantitative estimate of drug-likeness (QED) is 0.475. The second-order valence-corrected chi connectivity index (χ2v) is 7.94. The van der Waals surface area contributed by atoms with Gasteiger partial charge in [0, 0.05) is 22.3 Å². The van der Waals surface area contributed by atoms with Gasteiger partial charge >= 0.3 is 0 Å². The van der Waals surface area contributed by atoms with Crippen molar-refractivity contribution >= 4 is 23.4 Å². The van der Waals surface area contributed by atoms with E-state index in [0.717, 1.165) is 52.8 Å². The number of ether oxygens (including phenoxy) is 2. The molecule has 2 aromatic carbocycles. The van der Waals surface area contributed by atoms with E-state index in [1.807, 2.05) is 48.5 Å². The molecule has 1 amide bonds. The van der Waals surface area contributed by atoms with Gasteiger partial charge in [0.15, 0.2) is 0 Å². The Hall–Kier alpha value is -2.44. The Bertz CT molecular complexity index is 856. The number of likely N-dealkylation sites (tertiary alicyclic amines) is 1. The molecule has 0 spiro atoms. The van der Waals surface area contributed by atoms with Crippen molar-refractivity contribution in [3.8, 4) is 11.5 Å². The zero-order valence-electron chi connectivity index (χ0n) is 17.0. The highest BCUT2D eigenvalue weighted by Crippen LogP contribution is 2.38. The van der Waals surface area contributed by atoms with E-state index in [9.17, 15) is 4.79 Å². The second kappa shape index (κ2) is 10.4. The van der Waals surface area contributed by atoms with Crippen LogP contribution in [0.2, 0.25) is 0 Å². The molecule has 1 N–H and O–H groups in total. The van der Waals surface area contributed by atoms with E-state index in [0.29, 0.717) is 6.54 Å². The first-order valence-corrected chi connectivity index (χ1v) is 10.7. The summed E-state index contributed by atoms with van der Waals surface area (Å²) in [7, 11) is 3.34. The molecule has 2 aromatic rings. The molecule has 1 aliphatic rings. The fourth-order valence-corrected chi connectivity index (χ4v) is 4.43. The van der Waals surface area contributed by atoms with Crippen LogP contribution in [0.3, 0.4) is 0 Å². The molecule has 1 atom stereocenters. The van der Waals surface area contributed by atoms with Crippen LogP contribution in [0.1, 0.15) is 24.4 Å². The molecule has 1 saturated heterocycles. The van der Waals surface area contributed by atoms with E-state index in [4.69, 9.17) is 9.47 Å². The van der Waals surface area contributed by atoms with Gasteiger partial charge in [-0.15, -0.1) is 18.3 Å². The van der Waals surface area contributed by atoms with E-state index < -0.39 is 0 Å². The summed E-state index contributed by atoms with van der Waals surface area (Å²) in [4.78, 5) is 16.1. The summed E-state index contributed by atoms with van der Waals surface area (Å²) in [5.41, 5.74) is 1.91. The van der Waals surface area contributed by atoms with Gasteiger partial charge in [0.25, 0.3) is 0 Å². The lowest BCUT2D eigenvalue weighted by molar-refractivity contribution is -0.117. The van der Waals surface area contributed by atoms with Gasteiger partial charge in [-0.05, 0) is 49.7 Å². The lowest BCUT2D eigenvalue weighted by atomic mass is 10.0. The number of carbonyl (C=O) groups excluding carboxylic acids is 1. The predicted octanol–water partition coefficient (Wildman–Crippen LogP) is 4.76. The van der Waals surface area contributed by atoms with Crippen LogP contribution in [0, 0.1) is 0 Å². The average Bonchev–Trinajstić information content (AvgIpc) is 3.20. The maximum atomic E-state index is 12.8. The molecule has 0 saturated carbocycles. The molecular formula is C23H28N2O3S. The Labute approximate surface area is 177 Å². The SMILES string of the molecule is C=CCSc1ccccc1NC(=O)CN1CCCC1c1cc(OC)ccc1OC. The minimum Gasteiger partial charge on any atom is -0.497 e. The van der Waals surface area contributed by atoms with Gasteiger partial charge in [-0.3, -0.25) is 9.69 Å². The lowest BCUT2D eigenvalue weighted by Crippen LogP contribution is -2.33. The number of benzene rings is 2. The monoisotopic (exact) mass is 412 g/mol. The molecular weight excluding hydrogens is 384 g/mol. The maximum absolute atomic E-state index is 12.8. The fraction of sp³-hybridized carbons (Fsp3) is 0.348. The number of anilines is 1. The second-order valence-electron chi connectivity index (χ2n) is 6.88. The van der Waals surface area contributed by atoms with E-state index in [1.165, 1.54) is 0 Å². The zero-order valence-corrected chi connectivity index (χ0v) is 17.8. The van der Waals surface area contributed by atoms with Crippen molar-refractivity contribution in [2.24, 2.45) is 0 Å². The minimum absolute atomic E-state index is 0.00887. The van der Waals surface area contributed by atoms with Crippen molar-refractivity contribution in [3.63, 3.8) is 0 Å². The Balaban J connectivity index is 1.72. The van der Waals surface area contributed by atoms with Gasteiger partial charge in [0.05, 0.1) is 26.5 Å². The summed E-state index contributed by atoms with van der Waals surface area (Å²) in [6, 6.07) is 13.8. The fourth-order valence-electron chi connectivity index (χ4n) is 3.69. The number of nitrogens with zero attached hydrogens (tertiary/aromatic N) is 1. The third kappa shape index (κ3) is 5.34. The number of methoxy groups -OCH3 is 2. The van der Waals surface area contributed by atoms with Gasteiger partial charge in [-0.25, -0.2) is 0 Å². The molecule has 1 heterocycles. The van der Waals surface area contributed by atoms with Crippen LogP contribution in [-0.2, 0) is 4.79 Å². The molecule has 6 heteroatoms. The van der Waals surface area contributed by atoms with Crippen LogP contribution in [0.5, 0.6) is 11.5 Å². The summed E-state index contributed by atoms with van der Waals surface area (Å²) in [5.74, 6) is 2.42. The van der Waals surface area contributed by atoms with Gasteiger partial charge in [-0.2, -0.15) is 0 Å². The first-order chi connectivity index (χ1) is 14.2.